The van der Waals surface area contributed by atoms with Crippen molar-refractivity contribution in [2.75, 3.05) is 11.9 Å². The standard InChI is InChI=1S/C13H15BrO3/c1-2-17-12-8-10(9-15)7-11(13(12)16)5-3-4-6-14/h3,5,7-9,16H,2,4,6H2,1H3. The summed E-state index contributed by atoms with van der Waals surface area (Å²) in [4.78, 5) is 10.8. The fourth-order valence-electron chi connectivity index (χ4n) is 1.39. The molecule has 3 nitrogen and oxygen atoms in total. The molecular weight excluding hydrogens is 284 g/mol. The molecule has 0 bridgehead atoms. The lowest BCUT2D eigenvalue weighted by molar-refractivity contribution is 0.112. The molecule has 1 N–H and O–H groups in total. The molecule has 0 heterocycles. The predicted molar refractivity (Wildman–Crippen MR) is 72.1 cm³/mol. The molecule has 1 rings (SSSR count). The van der Waals surface area contributed by atoms with Crippen LogP contribution in [0.3, 0.4) is 0 Å². The molecule has 1 aromatic rings. The Hall–Kier alpha value is -1.29. The van der Waals surface area contributed by atoms with Gasteiger partial charge in [-0.3, -0.25) is 4.79 Å². The van der Waals surface area contributed by atoms with Gasteiger partial charge in [-0.15, -0.1) is 0 Å². The van der Waals surface area contributed by atoms with E-state index in [2.05, 4.69) is 15.9 Å². The van der Waals surface area contributed by atoms with Crippen molar-refractivity contribution in [2.24, 2.45) is 0 Å². The normalized spacial score (nSPS) is 10.7. The zero-order chi connectivity index (χ0) is 12.7. The molecule has 17 heavy (non-hydrogen) atoms. The van der Waals surface area contributed by atoms with Gasteiger partial charge in [0.25, 0.3) is 0 Å². The number of aldehydes is 1. The molecule has 0 radical (unpaired) electrons. The number of phenolic OH excluding ortho intramolecular Hbond substituents is 1. The van der Waals surface area contributed by atoms with Crippen LogP contribution >= 0.6 is 15.9 Å². The van der Waals surface area contributed by atoms with Gasteiger partial charge < -0.3 is 9.84 Å². The van der Waals surface area contributed by atoms with Gasteiger partial charge in [0.15, 0.2) is 11.5 Å². The van der Waals surface area contributed by atoms with E-state index in [0.29, 0.717) is 23.5 Å². The zero-order valence-electron chi connectivity index (χ0n) is 9.65. The van der Waals surface area contributed by atoms with E-state index in [1.807, 2.05) is 13.0 Å². The van der Waals surface area contributed by atoms with E-state index in [1.165, 1.54) is 6.07 Å². The molecule has 0 aliphatic rings. The highest BCUT2D eigenvalue weighted by atomic mass is 79.9. The molecule has 0 unspecified atom stereocenters. The Morgan fingerprint density at radius 2 is 2.24 bits per heavy atom. The lowest BCUT2D eigenvalue weighted by Gasteiger charge is -2.09. The summed E-state index contributed by atoms with van der Waals surface area (Å²) in [6.07, 6.45) is 5.30. The summed E-state index contributed by atoms with van der Waals surface area (Å²) in [5, 5.41) is 10.8. The molecular formula is C13H15BrO3. The van der Waals surface area contributed by atoms with Crippen molar-refractivity contribution in [3.05, 3.63) is 29.3 Å². The highest BCUT2D eigenvalue weighted by molar-refractivity contribution is 9.09. The summed E-state index contributed by atoms with van der Waals surface area (Å²) in [6, 6.07) is 3.17. The van der Waals surface area contributed by atoms with Gasteiger partial charge in [-0.05, 0) is 25.5 Å². The number of hydrogen-bond acceptors (Lipinski definition) is 3. The highest BCUT2D eigenvalue weighted by Gasteiger charge is 2.08. The fraction of sp³-hybridized carbons (Fsp3) is 0.308. The highest BCUT2D eigenvalue weighted by Crippen LogP contribution is 2.32. The number of phenols is 1. The van der Waals surface area contributed by atoms with Gasteiger partial charge in [0.2, 0.25) is 0 Å². The zero-order valence-corrected chi connectivity index (χ0v) is 11.2. The minimum Gasteiger partial charge on any atom is -0.504 e. The lowest BCUT2D eigenvalue weighted by atomic mass is 10.1. The molecule has 92 valence electrons. The van der Waals surface area contributed by atoms with Crippen LogP contribution in [0.25, 0.3) is 6.08 Å². The van der Waals surface area contributed by atoms with Crippen LogP contribution < -0.4 is 4.74 Å². The second-order valence-electron chi connectivity index (χ2n) is 3.39. The predicted octanol–water partition coefficient (Wildman–Crippen LogP) is 3.40. The average molecular weight is 299 g/mol. The summed E-state index contributed by atoms with van der Waals surface area (Å²) in [5.41, 5.74) is 1.09. The van der Waals surface area contributed by atoms with Crippen molar-refractivity contribution in [1.82, 2.24) is 0 Å². The third-order valence-corrected chi connectivity index (χ3v) is 2.59. The van der Waals surface area contributed by atoms with E-state index < -0.39 is 0 Å². The molecule has 0 fully saturated rings. The number of halogens is 1. The molecule has 0 spiro atoms. The smallest absolute Gasteiger partial charge is 0.165 e. The van der Waals surface area contributed by atoms with Gasteiger partial charge in [0, 0.05) is 16.5 Å². The minimum absolute atomic E-state index is 0.0725. The molecule has 1 aromatic carbocycles. The first-order valence-electron chi connectivity index (χ1n) is 5.40. The molecule has 0 aliphatic carbocycles. The maximum atomic E-state index is 10.8. The first kappa shape index (κ1) is 13.8. The number of carbonyl (C=O) groups is 1. The summed E-state index contributed by atoms with van der Waals surface area (Å²) in [5.74, 6) is 0.416. The molecule has 0 atom stereocenters. The minimum atomic E-state index is 0.0725. The maximum Gasteiger partial charge on any atom is 0.165 e. The molecule has 0 aromatic heterocycles. The first-order chi connectivity index (χ1) is 8.22. The van der Waals surface area contributed by atoms with Crippen molar-refractivity contribution in [1.29, 1.82) is 0 Å². The number of carbonyl (C=O) groups excluding carboxylic acids is 1. The second kappa shape index (κ2) is 7.12. The van der Waals surface area contributed by atoms with E-state index in [-0.39, 0.29) is 5.75 Å². The number of rotatable bonds is 6. The molecule has 0 saturated carbocycles. The monoisotopic (exact) mass is 298 g/mol. The van der Waals surface area contributed by atoms with Gasteiger partial charge in [0.1, 0.15) is 6.29 Å². The molecule has 4 heteroatoms. The molecule has 0 amide bonds. The Morgan fingerprint density at radius 1 is 1.47 bits per heavy atom. The van der Waals surface area contributed by atoms with Crippen molar-refractivity contribution >= 4 is 28.3 Å². The Bertz CT molecular complexity index is 413. The topological polar surface area (TPSA) is 46.5 Å². The number of aromatic hydroxyl groups is 1. The summed E-state index contributed by atoms with van der Waals surface area (Å²) >= 11 is 3.31. The number of allylic oxidation sites excluding steroid dienone is 1. The van der Waals surface area contributed by atoms with Gasteiger partial charge in [0.05, 0.1) is 6.61 Å². The number of benzene rings is 1. The fourth-order valence-corrected chi connectivity index (χ4v) is 1.65. The van der Waals surface area contributed by atoms with Gasteiger partial charge >= 0.3 is 0 Å². The van der Waals surface area contributed by atoms with Gasteiger partial charge in [-0.2, -0.15) is 0 Å². The maximum absolute atomic E-state index is 10.8. The Labute approximate surface area is 109 Å². The van der Waals surface area contributed by atoms with E-state index in [0.717, 1.165) is 18.0 Å². The summed E-state index contributed by atoms with van der Waals surface area (Å²) < 4.78 is 5.27. The van der Waals surface area contributed by atoms with Crippen LogP contribution in [0.4, 0.5) is 0 Å². The van der Waals surface area contributed by atoms with Crippen LogP contribution in [0.2, 0.25) is 0 Å². The van der Waals surface area contributed by atoms with E-state index >= 15 is 0 Å². The van der Waals surface area contributed by atoms with Crippen molar-refractivity contribution in [3.8, 4) is 11.5 Å². The van der Waals surface area contributed by atoms with Crippen LogP contribution in [0, 0.1) is 0 Å². The summed E-state index contributed by atoms with van der Waals surface area (Å²) in [7, 11) is 0. The van der Waals surface area contributed by atoms with Gasteiger partial charge in [-0.25, -0.2) is 0 Å². The quantitative estimate of drug-likeness (QED) is 0.647. The SMILES string of the molecule is CCOc1cc(C=O)cc(C=CCCBr)c1O. The number of ether oxygens (including phenoxy) is 1. The average Bonchev–Trinajstić information content (AvgIpc) is 2.34. The van der Waals surface area contributed by atoms with Crippen molar-refractivity contribution < 1.29 is 14.6 Å². The third kappa shape index (κ3) is 3.89. The van der Waals surface area contributed by atoms with Crippen LogP contribution in [0.1, 0.15) is 29.3 Å². The third-order valence-electron chi connectivity index (χ3n) is 2.14. The first-order valence-corrected chi connectivity index (χ1v) is 6.52. The molecule has 0 saturated heterocycles. The summed E-state index contributed by atoms with van der Waals surface area (Å²) in [6.45, 7) is 2.27. The Balaban J connectivity index is 3.09. The van der Waals surface area contributed by atoms with Gasteiger partial charge in [-0.1, -0.05) is 28.1 Å². The largest absolute Gasteiger partial charge is 0.504 e. The van der Waals surface area contributed by atoms with Crippen LogP contribution in [0.15, 0.2) is 18.2 Å². The Morgan fingerprint density at radius 3 is 2.82 bits per heavy atom. The molecule has 0 aliphatic heterocycles. The van der Waals surface area contributed by atoms with Crippen LogP contribution in [-0.4, -0.2) is 23.3 Å². The Kier molecular flexibility index (Phi) is 5.77. The van der Waals surface area contributed by atoms with Crippen LogP contribution in [-0.2, 0) is 0 Å². The van der Waals surface area contributed by atoms with E-state index in [1.54, 1.807) is 12.1 Å². The lowest BCUT2D eigenvalue weighted by Crippen LogP contribution is -1.94. The van der Waals surface area contributed by atoms with E-state index in [9.17, 15) is 9.90 Å². The van der Waals surface area contributed by atoms with E-state index in [4.69, 9.17) is 4.74 Å². The van der Waals surface area contributed by atoms with Crippen LogP contribution in [0.5, 0.6) is 11.5 Å². The number of alkyl halides is 1. The second-order valence-corrected chi connectivity index (χ2v) is 4.18. The van der Waals surface area contributed by atoms with Crippen molar-refractivity contribution in [3.63, 3.8) is 0 Å². The number of hydrogen-bond donors (Lipinski definition) is 1. The van der Waals surface area contributed by atoms with Crippen molar-refractivity contribution in [2.45, 2.75) is 13.3 Å².